The maximum atomic E-state index is 13.2. The third-order valence-corrected chi connectivity index (χ3v) is 4.94. The Bertz CT molecular complexity index is 1050. The molecule has 4 rings (SSSR count). The molecule has 7 nitrogen and oxygen atoms in total. The number of halogens is 2. The van der Waals surface area contributed by atoms with Crippen LogP contribution in [0.1, 0.15) is 36.0 Å². The third-order valence-electron chi connectivity index (χ3n) is 4.31. The molecule has 0 unspecified atom stereocenters. The third kappa shape index (κ3) is 3.45. The first kappa shape index (κ1) is 18.0. The van der Waals surface area contributed by atoms with E-state index in [0.717, 1.165) is 12.8 Å². The molecule has 1 aliphatic heterocycles. The van der Waals surface area contributed by atoms with Crippen LogP contribution in [0.3, 0.4) is 0 Å². The van der Waals surface area contributed by atoms with Crippen LogP contribution >= 0.6 is 23.8 Å². The SMILES string of the molecule is Cc1nn(-c2ccc(F)cc2)c(Cl)c1/C=N\n1c([C@@H]2CCCO2)n[nH]c1=S. The fraction of sp³-hybridized carbons (Fsp3) is 0.294. The normalized spacial score (nSPS) is 17.2. The minimum absolute atomic E-state index is 0.131. The van der Waals surface area contributed by atoms with E-state index in [-0.39, 0.29) is 11.9 Å². The predicted molar refractivity (Wildman–Crippen MR) is 102 cm³/mol. The summed E-state index contributed by atoms with van der Waals surface area (Å²) in [7, 11) is 0. The monoisotopic (exact) mass is 406 g/mol. The minimum Gasteiger partial charge on any atom is -0.370 e. The van der Waals surface area contributed by atoms with Crippen LogP contribution in [0.5, 0.6) is 0 Å². The molecule has 1 saturated heterocycles. The summed E-state index contributed by atoms with van der Waals surface area (Å²) in [6.07, 6.45) is 3.31. The molecule has 1 aromatic carbocycles. The minimum atomic E-state index is -0.323. The van der Waals surface area contributed by atoms with E-state index in [1.807, 2.05) is 6.92 Å². The molecule has 1 aliphatic rings. The first-order chi connectivity index (χ1) is 13.0. The number of rotatable bonds is 4. The average molecular weight is 407 g/mol. The van der Waals surface area contributed by atoms with Gasteiger partial charge in [-0.3, -0.25) is 5.10 Å². The number of aromatic amines is 1. The van der Waals surface area contributed by atoms with Crippen molar-refractivity contribution in [1.82, 2.24) is 24.7 Å². The second kappa shape index (κ2) is 7.34. The topological polar surface area (TPSA) is 73.0 Å². The Kier molecular flexibility index (Phi) is 4.90. The van der Waals surface area contributed by atoms with Gasteiger partial charge in [0.2, 0.25) is 4.77 Å². The van der Waals surface area contributed by atoms with Gasteiger partial charge in [0.25, 0.3) is 0 Å². The second-order valence-electron chi connectivity index (χ2n) is 6.12. The molecule has 0 spiro atoms. The van der Waals surface area contributed by atoms with Crippen molar-refractivity contribution in [3.63, 3.8) is 0 Å². The van der Waals surface area contributed by atoms with Gasteiger partial charge in [-0.05, 0) is 56.2 Å². The van der Waals surface area contributed by atoms with E-state index in [4.69, 9.17) is 28.6 Å². The number of hydrogen-bond acceptors (Lipinski definition) is 5. The highest BCUT2D eigenvalue weighted by atomic mass is 35.5. The van der Waals surface area contributed by atoms with Crippen molar-refractivity contribution < 1.29 is 9.13 Å². The number of nitrogens with zero attached hydrogens (tertiary/aromatic N) is 5. The number of nitrogens with one attached hydrogen (secondary N) is 1. The highest BCUT2D eigenvalue weighted by molar-refractivity contribution is 7.71. The van der Waals surface area contributed by atoms with Crippen LogP contribution in [-0.2, 0) is 4.74 Å². The van der Waals surface area contributed by atoms with Crippen molar-refractivity contribution in [3.05, 3.63) is 57.1 Å². The Morgan fingerprint density at radius 3 is 2.89 bits per heavy atom. The van der Waals surface area contributed by atoms with E-state index in [9.17, 15) is 4.39 Å². The van der Waals surface area contributed by atoms with Gasteiger partial charge in [0, 0.05) is 6.61 Å². The Labute approximate surface area is 164 Å². The zero-order chi connectivity index (χ0) is 19.0. The van der Waals surface area contributed by atoms with E-state index in [0.29, 0.717) is 39.3 Å². The lowest BCUT2D eigenvalue weighted by molar-refractivity contribution is 0.102. The molecule has 140 valence electrons. The lowest BCUT2D eigenvalue weighted by Gasteiger charge is -2.07. The first-order valence-electron chi connectivity index (χ1n) is 8.39. The van der Waals surface area contributed by atoms with Gasteiger partial charge in [-0.25, -0.2) is 9.07 Å². The van der Waals surface area contributed by atoms with Gasteiger partial charge in [0.05, 0.1) is 23.2 Å². The Morgan fingerprint density at radius 1 is 1.41 bits per heavy atom. The molecule has 1 fully saturated rings. The Morgan fingerprint density at radius 2 is 2.19 bits per heavy atom. The van der Waals surface area contributed by atoms with Crippen molar-refractivity contribution >= 4 is 30.0 Å². The summed E-state index contributed by atoms with van der Waals surface area (Å²) < 4.78 is 22.3. The number of H-pyrrole nitrogens is 1. The highest BCUT2D eigenvalue weighted by Gasteiger charge is 2.23. The van der Waals surface area contributed by atoms with Crippen molar-refractivity contribution in [1.29, 1.82) is 0 Å². The average Bonchev–Trinajstić information content (AvgIpc) is 3.36. The van der Waals surface area contributed by atoms with E-state index < -0.39 is 0 Å². The summed E-state index contributed by atoms with van der Waals surface area (Å²) in [6, 6.07) is 5.93. The number of aromatic nitrogens is 5. The van der Waals surface area contributed by atoms with Crippen LogP contribution in [0.4, 0.5) is 4.39 Å². The molecule has 2 aromatic heterocycles. The van der Waals surface area contributed by atoms with Gasteiger partial charge >= 0.3 is 0 Å². The van der Waals surface area contributed by atoms with E-state index in [2.05, 4.69) is 20.4 Å². The standard InChI is InChI=1S/C17H16ClFN6OS/c1-10-13(15(18)24(23-10)12-6-4-11(19)5-7-12)9-20-25-16(21-22-17(25)27)14-3-2-8-26-14/h4-7,9,14H,2-3,8H2,1H3,(H,22,27)/b20-9-/t14-/m0/s1. The smallest absolute Gasteiger partial charge is 0.216 e. The first-order valence-corrected chi connectivity index (χ1v) is 9.17. The van der Waals surface area contributed by atoms with Gasteiger partial charge < -0.3 is 4.74 Å². The molecule has 0 amide bonds. The van der Waals surface area contributed by atoms with E-state index in [1.165, 1.54) is 21.5 Å². The quantitative estimate of drug-likeness (QED) is 0.525. The zero-order valence-corrected chi connectivity index (χ0v) is 16.0. The van der Waals surface area contributed by atoms with E-state index in [1.54, 1.807) is 18.3 Å². The van der Waals surface area contributed by atoms with Gasteiger partial charge in [-0.2, -0.15) is 20.0 Å². The molecular weight excluding hydrogens is 391 g/mol. The Balaban J connectivity index is 1.69. The van der Waals surface area contributed by atoms with Gasteiger partial charge in [-0.1, -0.05) is 11.6 Å². The molecule has 1 atom stereocenters. The molecule has 3 aromatic rings. The summed E-state index contributed by atoms with van der Waals surface area (Å²) in [6.45, 7) is 2.52. The summed E-state index contributed by atoms with van der Waals surface area (Å²) in [4.78, 5) is 0. The number of hydrogen-bond donors (Lipinski definition) is 1. The lowest BCUT2D eigenvalue weighted by atomic mass is 10.2. The van der Waals surface area contributed by atoms with Crippen LogP contribution in [0.25, 0.3) is 5.69 Å². The van der Waals surface area contributed by atoms with Crippen LogP contribution in [0.2, 0.25) is 5.15 Å². The summed E-state index contributed by atoms with van der Waals surface area (Å²) in [5.41, 5.74) is 1.98. The Hall–Kier alpha value is -2.36. The molecule has 1 N–H and O–H groups in total. The molecule has 0 bridgehead atoms. The molecular formula is C17H16ClFN6OS. The molecule has 0 saturated carbocycles. The van der Waals surface area contributed by atoms with Gasteiger partial charge in [0.15, 0.2) is 5.82 Å². The van der Waals surface area contributed by atoms with E-state index >= 15 is 0 Å². The predicted octanol–water partition coefficient (Wildman–Crippen LogP) is 3.96. The van der Waals surface area contributed by atoms with Crippen LogP contribution in [-0.4, -0.2) is 37.5 Å². The van der Waals surface area contributed by atoms with Gasteiger partial charge in [-0.15, -0.1) is 0 Å². The number of benzene rings is 1. The lowest BCUT2D eigenvalue weighted by Crippen LogP contribution is -2.05. The summed E-state index contributed by atoms with van der Waals surface area (Å²) >= 11 is 11.8. The van der Waals surface area contributed by atoms with Crippen molar-refractivity contribution in [3.8, 4) is 5.69 Å². The molecule has 10 heteroatoms. The molecule has 0 aliphatic carbocycles. The fourth-order valence-electron chi connectivity index (χ4n) is 2.93. The van der Waals surface area contributed by atoms with Crippen LogP contribution in [0, 0.1) is 17.5 Å². The van der Waals surface area contributed by atoms with Crippen molar-refractivity contribution in [2.24, 2.45) is 5.10 Å². The maximum Gasteiger partial charge on any atom is 0.216 e. The second-order valence-corrected chi connectivity index (χ2v) is 6.87. The number of ether oxygens (including phenoxy) is 1. The van der Waals surface area contributed by atoms with Gasteiger partial charge in [0.1, 0.15) is 17.1 Å². The van der Waals surface area contributed by atoms with Crippen molar-refractivity contribution in [2.45, 2.75) is 25.9 Å². The highest BCUT2D eigenvalue weighted by Crippen LogP contribution is 2.27. The molecule has 27 heavy (non-hydrogen) atoms. The number of aryl methyl sites for hydroxylation is 1. The van der Waals surface area contributed by atoms with Crippen LogP contribution < -0.4 is 0 Å². The summed E-state index contributed by atoms with van der Waals surface area (Å²) in [5.74, 6) is 0.310. The maximum absolute atomic E-state index is 13.2. The largest absolute Gasteiger partial charge is 0.370 e. The van der Waals surface area contributed by atoms with Crippen LogP contribution in [0.15, 0.2) is 29.4 Å². The van der Waals surface area contributed by atoms with Crippen molar-refractivity contribution in [2.75, 3.05) is 6.61 Å². The zero-order valence-electron chi connectivity index (χ0n) is 14.4. The molecule has 0 radical (unpaired) electrons. The molecule has 3 heterocycles. The fourth-order valence-corrected chi connectivity index (χ4v) is 3.44. The summed E-state index contributed by atoms with van der Waals surface area (Å²) in [5, 5.41) is 16.2.